The molecule has 1 fully saturated rings. The van der Waals surface area contributed by atoms with Crippen LogP contribution in [0.15, 0.2) is 12.1 Å². The summed E-state index contributed by atoms with van der Waals surface area (Å²) in [5, 5.41) is 0.000139. The van der Waals surface area contributed by atoms with E-state index in [2.05, 4.69) is 0 Å². The van der Waals surface area contributed by atoms with Crippen molar-refractivity contribution in [1.82, 2.24) is 4.90 Å². The van der Waals surface area contributed by atoms with Crippen LogP contribution >= 0.6 is 46.0 Å². The molecule has 0 radical (unpaired) electrons. The number of halogens is 3. The topological polar surface area (TPSA) is 20.3 Å². The average Bonchev–Trinajstić information content (AvgIpc) is 2.35. The lowest BCUT2D eigenvalue weighted by atomic mass is 10.2. The molecule has 0 unspecified atom stereocenters. The van der Waals surface area contributed by atoms with Crippen LogP contribution in [0.4, 0.5) is 4.39 Å². The Balaban J connectivity index is 2.32. The third kappa shape index (κ3) is 2.88. The molecule has 1 saturated heterocycles. The molecule has 0 spiro atoms. The lowest BCUT2D eigenvalue weighted by Gasteiger charge is -2.27. The van der Waals surface area contributed by atoms with Crippen LogP contribution in [0.2, 0.25) is 5.02 Å². The predicted octanol–water partition coefficient (Wildman–Crippen LogP) is 3.27. The third-order valence-corrected chi connectivity index (χ3v) is 4.69. The largest absolute Gasteiger partial charge is 0.337 e. The van der Waals surface area contributed by atoms with Crippen LogP contribution in [0.3, 0.4) is 0 Å². The zero-order chi connectivity index (χ0) is 12.4. The van der Waals surface area contributed by atoms with Crippen molar-refractivity contribution in [3.63, 3.8) is 0 Å². The molecule has 0 N–H and O–H groups in total. The Morgan fingerprint density at radius 3 is 2.71 bits per heavy atom. The Labute approximate surface area is 122 Å². The van der Waals surface area contributed by atoms with Gasteiger partial charge in [-0.15, -0.1) is 0 Å². The fourth-order valence-electron chi connectivity index (χ4n) is 1.65. The standard InChI is InChI=1S/C11H10ClFINOS/c12-7-1-2-8(14)9(10(7)13)11(16)15-3-5-17-6-4-15/h1-2H,3-6H2. The summed E-state index contributed by atoms with van der Waals surface area (Å²) >= 11 is 9.49. The zero-order valence-electron chi connectivity index (χ0n) is 8.88. The number of thioether (sulfide) groups is 1. The molecule has 0 aliphatic carbocycles. The molecular weight excluding hydrogens is 376 g/mol. The number of carbonyl (C=O) groups excluding carboxylic acids is 1. The maximum Gasteiger partial charge on any atom is 0.258 e. The van der Waals surface area contributed by atoms with Gasteiger partial charge in [0.15, 0.2) is 5.82 Å². The van der Waals surface area contributed by atoms with Gasteiger partial charge in [0.2, 0.25) is 0 Å². The van der Waals surface area contributed by atoms with E-state index in [1.54, 1.807) is 11.0 Å². The van der Waals surface area contributed by atoms with Gasteiger partial charge in [-0.25, -0.2) is 4.39 Å². The van der Waals surface area contributed by atoms with E-state index in [9.17, 15) is 9.18 Å². The lowest BCUT2D eigenvalue weighted by molar-refractivity contribution is 0.0766. The normalized spacial score (nSPS) is 16.1. The molecule has 0 atom stereocenters. The monoisotopic (exact) mass is 385 g/mol. The minimum Gasteiger partial charge on any atom is -0.337 e. The van der Waals surface area contributed by atoms with Crippen LogP contribution in [-0.4, -0.2) is 35.4 Å². The van der Waals surface area contributed by atoms with Crippen LogP contribution in [0.25, 0.3) is 0 Å². The fraction of sp³-hybridized carbons (Fsp3) is 0.364. The fourth-order valence-corrected chi connectivity index (χ4v) is 3.36. The Hall–Kier alpha value is -0.0100. The molecular formula is C11H10ClFINOS. The first-order valence-electron chi connectivity index (χ1n) is 5.12. The molecule has 0 aromatic heterocycles. The Morgan fingerprint density at radius 1 is 1.41 bits per heavy atom. The smallest absolute Gasteiger partial charge is 0.258 e. The molecule has 1 aromatic rings. The molecule has 0 bridgehead atoms. The van der Waals surface area contributed by atoms with Gasteiger partial charge in [-0.05, 0) is 34.7 Å². The van der Waals surface area contributed by atoms with Crippen LogP contribution in [0, 0.1) is 9.39 Å². The second kappa shape index (κ2) is 5.75. The van der Waals surface area contributed by atoms with E-state index in [4.69, 9.17) is 11.6 Å². The van der Waals surface area contributed by atoms with Gasteiger partial charge < -0.3 is 4.90 Å². The van der Waals surface area contributed by atoms with E-state index in [0.29, 0.717) is 16.7 Å². The first kappa shape index (κ1) is 13.4. The molecule has 1 heterocycles. The summed E-state index contributed by atoms with van der Waals surface area (Å²) in [5.74, 6) is 0.950. The lowest BCUT2D eigenvalue weighted by Crippen LogP contribution is -2.38. The van der Waals surface area contributed by atoms with Crippen molar-refractivity contribution in [3.8, 4) is 0 Å². The summed E-state index contributed by atoms with van der Waals surface area (Å²) in [5.41, 5.74) is 0.102. The van der Waals surface area contributed by atoms with Crippen molar-refractivity contribution in [1.29, 1.82) is 0 Å². The molecule has 1 aromatic carbocycles. The highest BCUT2D eigenvalue weighted by Crippen LogP contribution is 2.25. The zero-order valence-corrected chi connectivity index (χ0v) is 12.6. The molecule has 2 rings (SSSR count). The van der Waals surface area contributed by atoms with E-state index in [-0.39, 0.29) is 16.5 Å². The van der Waals surface area contributed by atoms with Gasteiger partial charge in [-0.3, -0.25) is 4.79 Å². The van der Waals surface area contributed by atoms with Crippen molar-refractivity contribution < 1.29 is 9.18 Å². The van der Waals surface area contributed by atoms with Gasteiger partial charge in [0.25, 0.3) is 5.91 Å². The SMILES string of the molecule is O=C(c1c(I)ccc(Cl)c1F)N1CCSCC1. The van der Waals surface area contributed by atoms with Gasteiger partial charge in [0.05, 0.1) is 10.6 Å². The minimum absolute atomic E-state index is 0.000139. The first-order chi connectivity index (χ1) is 8.11. The van der Waals surface area contributed by atoms with Crippen molar-refractivity contribution >= 4 is 51.9 Å². The number of carbonyl (C=O) groups is 1. The summed E-state index contributed by atoms with van der Waals surface area (Å²) in [6.07, 6.45) is 0. The van der Waals surface area contributed by atoms with E-state index in [1.165, 1.54) is 6.07 Å². The molecule has 17 heavy (non-hydrogen) atoms. The van der Waals surface area contributed by atoms with E-state index < -0.39 is 5.82 Å². The van der Waals surface area contributed by atoms with Crippen LogP contribution in [-0.2, 0) is 0 Å². The Morgan fingerprint density at radius 2 is 2.06 bits per heavy atom. The number of rotatable bonds is 1. The molecule has 2 nitrogen and oxygen atoms in total. The molecule has 1 aliphatic rings. The molecule has 92 valence electrons. The highest BCUT2D eigenvalue weighted by molar-refractivity contribution is 14.1. The van der Waals surface area contributed by atoms with E-state index in [1.807, 2.05) is 34.4 Å². The third-order valence-electron chi connectivity index (χ3n) is 2.56. The summed E-state index contributed by atoms with van der Waals surface area (Å²) in [6.45, 7) is 1.34. The van der Waals surface area contributed by atoms with Crippen molar-refractivity contribution in [2.75, 3.05) is 24.6 Å². The van der Waals surface area contributed by atoms with Crippen molar-refractivity contribution in [2.24, 2.45) is 0 Å². The highest BCUT2D eigenvalue weighted by Gasteiger charge is 2.24. The number of hydrogen-bond acceptors (Lipinski definition) is 2. The summed E-state index contributed by atoms with van der Waals surface area (Å²) < 4.78 is 14.5. The average molecular weight is 386 g/mol. The maximum absolute atomic E-state index is 13.9. The Kier molecular flexibility index (Phi) is 4.54. The molecule has 1 aliphatic heterocycles. The summed E-state index contributed by atoms with van der Waals surface area (Å²) in [6, 6.07) is 3.14. The number of hydrogen-bond donors (Lipinski definition) is 0. The number of benzene rings is 1. The van der Waals surface area contributed by atoms with Crippen LogP contribution in [0.1, 0.15) is 10.4 Å². The van der Waals surface area contributed by atoms with Crippen molar-refractivity contribution in [2.45, 2.75) is 0 Å². The maximum atomic E-state index is 13.9. The molecule has 6 heteroatoms. The Bertz CT molecular complexity index is 451. The minimum atomic E-state index is -0.609. The summed E-state index contributed by atoms with van der Waals surface area (Å²) in [4.78, 5) is 13.9. The molecule has 0 saturated carbocycles. The van der Waals surface area contributed by atoms with E-state index in [0.717, 1.165) is 11.5 Å². The first-order valence-corrected chi connectivity index (χ1v) is 7.73. The van der Waals surface area contributed by atoms with Crippen molar-refractivity contribution in [3.05, 3.63) is 32.1 Å². The summed E-state index contributed by atoms with van der Waals surface area (Å²) in [7, 11) is 0. The van der Waals surface area contributed by atoms with Gasteiger partial charge in [0, 0.05) is 28.2 Å². The van der Waals surface area contributed by atoms with Crippen LogP contribution in [0.5, 0.6) is 0 Å². The predicted molar refractivity (Wildman–Crippen MR) is 77.4 cm³/mol. The van der Waals surface area contributed by atoms with Gasteiger partial charge >= 0.3 is 0 Å². The van der Waals surface area contributed by atoms with Gasteiger partial charge in [-0.2, -0.15) is 11.8 Å². The van der Waals surface area contributed by atoms with Crippen LogP contribution < -0.4 is 0 Å². The quantitative estimate of drug-likeness (QED) is 0.546. The second-order valence-corrected chi connectivity index (χ2v) is 6.42. The highest BCUT2D eigenvalue weighted by atomic mass is 127. The van der Waals surface area contributed by atoms with Gasteiger partial charge in [-0.1, -0.05) is 11.6 Å². The number of nitrogens with zero attached hydrogens (tertiary/aromatic N) is 1. The van der Waals surface area contributed by atoms with Gasteiger partial charge in [0.1, 0.15) is 0 Å². The second-order valence-electron chi connectivity index (χ2n) is 3.62. The number of amides is 1. The van der Waals surface area contributed by atoms with E-state index >= 15 is 0 Å². The molecule has 1 amide bonds.